The summed E-state index contributed by atoms with van der Waals surface area (Å²) in [5.41, 5.74) is 2.94. The lowest BCUT2D eigenvalue weighted by molar-refractivity contribution is -1.01. The summed E-state index contributed by atoms with van der Waals surface area (Å²) in [6.45, 7) is 10.9. The lowest BCUT2D eigenvalue weighted by Gasteiger charge is -2.33. The van der Waals surface area contributed by atoms with E-state index >= 15 is 0 Å². The van der Waals surface area contributed by atoms with Gasteiger partial charge in [-0.15, -0.1) is 0 Å². The molecular weight excluding hydrogens is 248 g/mol. The largest absolute Gasteiger partial charge is 0.367 e. The Labute approximate surface area is 122 Å². The maximum Gasteiger partial charge on any atom is 0.132 e. The van der Waals surface area contributed by atoms with Gasteiger partial charge in [-0.25, -0.2) is 0 Å². The summed E-state index contributed by atoms with van der Waals surface area (Å²) >= 11 is 0. The molecule has 1 saturated heterocycles. The number of ether oxygens (including phenoxy) is 1. The highest BCUT2D eigenvalue weighted by molar-refractivity contribution is 5.30. The minimum Gasteiger partial charge on any atom is -0.367 e. The van der Waals surface area contributed by atoms with E-state index in [1.165, 1.54) is 50.3 Å². The summed E-state index contributed by atoms with van der Waals surface area (Å²) in [6, 6.07) is 8.83. The molecule has 1 fully saturated rings. The first-order chi connectivity index (χ1) is 9.86. The Morgan fingerprint density at radius 2 is 1.85 bits per heavy atom. The van der Waals surface area contributed by atoms with Crippen LogP contribution < -0.4 is 9.80 Å². The van der Waals surface area contributed by atoms with Gasteiger partial charge in [-0.1, -0.05) is 31.2 Å². The first kappa shape index (κ1) is 14.1. The van der Waals surface area contributed by atoms with Crippen LogP contribution in [0.25, 0.3) is 0 Å². The van der Waals surface area contributed by atoms with E-state index in [9.17, 15) is 0 Å². The molecule has 1 aromatic carbocycles. The van der Waals surface area contributed by atoms with E-state index < -0.39 is 0 Å². The van der Waals surface area contributed by atoms with Gasteiger partial charge in [-0.05, 0) is 24.0 Å². The van der Waals surface area contributed by atoms with Crippen molar-refractivity contribution < 1.29 is 14.5 Å². The Hall–Kier alpha value is -0.900. The molecule has 0 radical (unpaired) electrons. The SMILES string of the molecule is CCC[NH+]1CC[NH+](CC2OCCc3ccccc32)CC1. The third-order valence-corrected chi connectivity index (χ3v) is 4.83. The Bertz CT molecular complexity index is 427. The molecule has 0 spiro atoms. The van der Waals surface area contributed by atoms with Gasteiger partial charge in [0.2, 0.25) is 0 Å². The van der Waals surface area contributed by atoms with E-state index in [-0.39, 0.29) is 0 Å². The molecule has 3 nitrogen and oxygen atoms in total. The highest BCUT2D eigenvalue weighted by atomic mass is 16.5. The van der Waals surface area contributed by atoms with Gasteiger partial charge >= 0.3 is 0 Å². The fraction of sp³-hybridized carbons (Fsp3) is 0.647. The van der Waals surface area contributed by atoms with Crippen LogP contribution in [0.15, 0.2) is 24.3 Å². The molecule has 0 amide bonds. The van der Waals surface area contributed by atoms with Gasteiger partial charge in [0.1, 0.15) is 38.8 Å². The van der Waals surface area contributed by atoms with E-state index in [1.54, 1.807) is 9.80 Å². The van der Waals surface area contributed by atoms with E-state index in [2.05, 4.69) is 31.2 Å². The van der Waals surface area contributed by atoms with Crippen LogP contribution in [-0.2, 0) is 11.2 Å². The Morgan fingerprint density at radius 3 is 2.65 bits per heavy atom. The second kappa shape index (κ2) is 6.70. The summed E-state index contributed by atoms with van der Waals surface area (Å²) in [5.74, 6) is 0. The minimum absolute atomic E-state index is 0.322. The van der Waals surface area contributed by atoms with Crippen LogP contribution in [0.2, 0.25) is 0 Å². The second-order valence-electron chi connectivity index (χ2n) is 6.26. The van der Waals surface area contributed by atoms with Crippen LogP contribution in [-0.4, -0.2) is 45.9 Å². The normalized spacial score (nSPS) is 29.9. The number of benzene rings is 1. The maximum atomic E-state index is 6.05. The van der Waals surface area contributed by atoms with Crippen LogP contribution in [0.1, 0.15) is 30.6 Å². The molecule has 2 aliphatic rings. The molecule has 1 aromatic rings. The molecule has 2 aliphatic heterocycles. The van der Waals surface area contributed by atoms with E-state index in [1.807, 2.05) is 0 Å². The van der Waals surface area contributed by atoms with Gasteiger partial charge in [0.25, 0.3) is 0 Å². The number of rotatable bonds is 4. The van der Waals surface area contributed by atoms with E-state index in [4.69, 9.17) is 4.74 Å². The van der Waals surface area contributed by atoms with Gasteiger partial charge in [0.05, 0.1) is 13.2 Å². The van der Waals surface area contributed by atoms with Crippen molar-refractivity contribution in [3.05, 3.63) is 35.4 Å². The number of nitrogens with one attached hydrogen (secondary N) is 2. The van der Waals surface area contributed by atoms with Gasteiger partial charge in [0, 0.05) is 0 Å². The predicted molar refractivity (Wildman–Crippen MR) is 80.3 cm³/mol. The van der Waals surface area contributed by atoms with Crippen LogP contribution in [0.3, 0.4) is 0 Å². The van der Waals surface area contributed by atoms with Gasteiger partial charge in [0.15, 0.2) is 0 Å². The van der Waals surface area contributed by atoms with Crippen molar-refractivity contribution in [2.75, 3.05) is 45.9 Å². The van der Waals surface area contributed by atoms with Crippen molar-refractivity contribution in [2.45, 2.75) is 25.9 Å². The highest BCUT2D eigenvalue weighted by Gasteiger charge is 2.28. The van der Waals surface area contributed by atoms with E-state index in [0.29, 0.717) is 6.10 Å². The zero-order chi connectivity index (χ0) is 13.8. The summed E-state index contributed by atoms with van der Waals surface area (Å²) in [6.07, 6.45) is 2.71. The summed E-state index contributed by atoms with van der Waals surface area (Å²) in [4.78, 5) is 3.52. The fourth-order valence-corrected chi connectivity index (χ4v) is 3.67. The van der Waals surface area contributed by atoms with Crippen LogP contribution in [0.5, 0.6) is 0 Å². The predicted octanol–water partition coefficient (Wildman–Crippen LogP) is -0.506. The summed E-state index contributed by atoms with van der Waals surface area (Å²) < 4.78 is 6.05. The molecule has 0 aliphatic carbocycles. The van der Waals surface area contributed by atoms with Crippen molar-refractivity contribution in [3.8, 4) is 0 Å². The average molecular weight is 276 g/mol. The van der Waals surface area contributed by atoms with Crippen LogP contribution >= 0.6 is 0 Å². The van der Waals surface area contributed by atoms with Crippen LogP contribution in [0, 0.1) is 0 Å². The van der Waals surface area contributed by atoms with Crippen LogP contribution in [0.4, 0.5) is 0 Å². The molecule has 0 saturated carbocycles. The topological polar surface area (TPSA) is 18.1 Å². The molecule has 1 atom stereocenters. The smallest absolute Gasteiger partial charge is 0.132 e. The molecule has 0 bridgehead atoms. The van der Waals surface area contributed by atoms with Gasteiger partial charge < -0.3 is 14.5 Å². The quantitative estimate of drug-likeness (QED) is 0.758. The van der Waals surface area contributed by atoms with Gasteiger partial charge in [-0.3, -0.25) is 0 Å². The number of piperazine rings is 1. The van der Waals surface area contributed by atoms with Crippen molar-refractivity contribution in [1.82, 2.24) is 0 Å². The maximum absolute atomic E-state index is 6.05. The first-order valence-corrected chi connectivity index (χ1v) is 8.23. The molecule has 0 aromatic heterocycles. The lowest BCUT2D eigenvalue weighted by atomic mass is 9.97. The minimum atomic E-state index is 0.322. The Balaban J connectivity index is 1.57. The average Bonchev–Trinajstić information content (AvgIpc) is 2.50. The van der Waals surface area contributed by atoms with Crippen molar-refractivity contribution in [3.63, 3.8) is 0 Å². The van der Waals surface area contributed by atoms with E-state index in [0.717, 1.165) is 19.6 Å². The number of hydrogen-bond acceptors (Lipinski definition) is 1. The fourth-order valence-electron chi connectivity index (χ4n) is 3.67. The highest BCUT2D eigenvalue weighted by Crippen LogP contribution is 2.25. The monoisotopic (exact) mass is 276 g/mol. The number of hydrogen-bond donors (Lipinski definition) is 2. The molecule has 3 rings (SSSR count). The zero-order valence-corrected chi connectivity index (χ0v) is 12.7. The van der Waals surface area contributed by atoms with Crippen molar-refractivity contribution >= 4 is 0 Å². The lowest BCUT2D eigenvalue weighted by Crippen LogP contribution is -3.28. The summed E-state index contributed by atoms with van der Waals surface area (Å²) in [7, 11) is 0. The summed E-state index contributed by atoms with van der Waals surface area (Å²) in [5, 5.41) is 0. The van der Waals surface area contributed by atoms with Crippen molar-refractivity contribution in [1.29, 1.82) is 0 Å². The molecule has 3 heteroatoms. The molecular formula is C17H28N2O+2. The Kier molecular flexibility index (Phi) is 4.71. The van der Waals surface area contributed by atoms with Crippen molar-refractivity contribution in [2.24, 2.45) is 0 Å². The third-order valence-electron chi connectivity index (χ3n) is 4.83. The number of fused-ring (bicyclic) bond motifs is 1. The zero-order valence-electron chi connectivity index (χ0n) is 12.7. The molecule has 20 heavy (non-hydrogen) atoms. The number of quaternary nitrogens is 2. The first-order valence-electron chi connectivity index (χ1n) is 8.23. The molecule has 2 N–H and O–H groups in total. The molecule has 1 unspecified atom stereocenters. The molecule has 2 heterocycles. The molecule has 110 valence electrons. The van der Waals surface area contributed by atoms with Gasteiger partial charge in [-0.2, -0.15) is 0 Å². The Morgan fingerprint density at radius 1 is 1.10 bits per heavy atom. The third kappa shape index (κ3) is 3.22. The standard InChI is InChI=1S/C17H26N2O/c1-2-8-18-9-11-19(12-10-18)14-17-16-6-4-3-5-15(16)7-13-20-17/h3-6,17H,2,7-14H2,1H3/p+2. The second-order valence-corrected chi connectivity index (χ2v) is 6.26.